The van der Waals surface area contributed by atoms with E-state index in [1.165, 1.54) is 11.3 Å². The maximum absolute atomic E-state index is 12.5. The third-order valence-corrected chi connectivity index (χ3v) is 5.33. The van der Waals surface area contributed by atoms with Crippen LogP contribution in [-0.2, 0) is 16.1 Å². The zero-order chi connectivity index (χ0) is 18.7. The standard InChI is InChI=1S/C18H14BrClN2O3S/c1-2-25-16(23)10-22-14-8-7-13(20)9-15(14)26-18(22)21-17(24)11-3-5-12(19)6-4-11/h3-9H,2,10H2,1H3. The van der Waals surface area contributed by atoms with E-state index in [1.807, 2.05) is 0 Å². The summed E-state index contributed by atoms with van der Waals surface area (Å²) in [7, 11) is 0. The van der Waals surface area contributed by atoms with Crippen molar-refractivity contribution in [2.45, 2.75) is 13.5 Å². The number of ether oxygens (including phenoxy) is 1. The summed E-state index contributed by atoms with van der Waals surface area (Å²) in [5.74, 6) is -0.771. The van der Waals surface area contributed by atoms with Crippen LogP contribution in [0.15, 0.2) is 51.9 Å². The van der Waals surface area contributed by atoms with Crippen LogP contribution in [0.5, 0.6) is 0 Å². The summed E-state index contributed by atoms with van der Waals surface area (Å²) in [6, 6.07) is 12.3. The van der Waals surface area contributed by atoms with Gasteiger partial charge in [0.05, 0.1) is 16.8 Å². The van der Waals surface area contributed by atoms with Gasteiger partial charge in [0.2, 0.25) is 0 Å². The number of hydrogen-bond acceptors (Lipinski definition) is 4. The minimum atomic E-state index is -0.389. The molecule has 0 spiro atoms. The number of hydrogen-bond donors (Lipinski definition) is 0. The van der Waals surface area contributed by atoms with Gasteiger partial charge < -0.3 is 9.30 Å². The maximum atomic E-state index is 12.5. The molecule has 0 saturated heterocycles. The number of amides is 1. The highest BCUT2D eigenvalue weighted by molar-refractivity contribution is 9.10. The molecule has 8 heteroatoms. The number of carbonyl (C=O) groups excluding carboxylic acids is 2. The van der Waals surface area contributed by atoms with Crippen molar-refractivity contribution >= 4 is 61.0 Å². The fourth-order valence-corrected chi connectivity index (χ4v) is 3.93. The molecule has 2 aromatic carbocycles. The first-order valence-corrected chi connectivity index (χ1v) is 9.76. The SMILES string of the molecule is CCOC(=O)Cn1c(=NC(=O)c2ccc(Br)cc2)sc2cc(Cl)ccc21. The van der Waals surface area contributed by atoms with Crippen LogP contribution < -0.4 is 4.80 Å². The van der Waals surface area contributed by atoms with E-state index in [0.29, 0.717) is 15.4 Å². The van der Waals surface area contributed by atoms with Crippen molar-refractivity contribution in [2.24, 2.45) is 4.99 Å². The van der Waals surface area contributed by atoms with E-state index < -0.39 is 0 Å². The second-order valence-corrected chi connectivity index (χ2v) is 7.67. The van der Waals surface area contributed by atoms with Gasteiger partial charge in [-0.25, -0.2) is 0 Å². The smallest absolute Gasteiger partial charge is 0.326 e. The molecule has 0 bridgehead atoms. The van der Waals surface area contributed by atoms with E-state index in [2.05, 4.69) is 20.9 Å². The molecule has 1 aromatic heterocycles. The quantitative estimate of drug-likeness (QED) is 0.549. The summed E-state index contributed by atoms with van der Waals surface area (Å²) in [5.41, 5.74) is 1.24. The molecule has 0 atom stereocenters. The van der Waals surface area contributed by atoms with Crippen LogP contribution in [0.2, 0.25) is 5.02 Å². The third-order valence-electron chi connectivity index (χ3n) is 3.53. The van der Waals surface area contributed by atoms with Crippen LogP contribution in [0.3, 0.4) is 0 Å². The Labute approximate surface area is 167 Å². The van der Waals surface area contributed by atoms with Crippen molar-refractivity contribution < 1.29 is 14.3 Å². The number of halogens is 2. The number of aromatic nitrogens is 1. The highest BCUT2D eigenvalue weighted by Gasteiger charge is 2.13. The Kier molecular flexibility index (Phi) is 5.90. The molecule has 5 nitrogen and oxygen atoms in total. The zero-order valence-electron chi connectivity index (χ0n) is 13.7. The van der Waals surface area contributed by atoms with Crippen molar-refractivity contribution in [3.63, 3.8) is 0 Å². The number of rotatable bonds is 4. The normalized spacial score (nSPS) is 11.7. The van der Waals surface area contributed by atoms with Crippen LogP contribution in [0.25, 0.3) is 10.2 Å². The number of esters is 1. The fraction of sp³-hybridized carbons (Fsp3) is 0.167. The monoisotopic (exact) mass is 452 g/mol. The summed E-state index contributed by atoms with van der Waals surface area (Å²) in [6.07, 6.45) is 0. The summed E-state index contributed by atoms with van der Waals surface area (Å²) >= 11 is 10.7. The topological polar surface area (TPSA) is 60.7 Å². The van der Waals surface area contributed by atoms with Crippen LogP contribution in [-0.4, -0.2) is 23.1 Å². The lowest BCUT2D eigenvalue weighted by Gasteiger charge is -2.05. The Bertz CT molecular complexity index is 1040. The highest BCUT2D eigenvalue weighted by atomic mass is 79.9. The van der Waals surface area contributed by atoms with E-state index in [-0.39, 0.29) is 25.0 Å². The Morgan fingerprint density at radius 3 is 2.65 bits per heavy atom. The van der Waals surface area contributed by atoms with E-state index in [4.69, 9.17) is 16.3 Å². The zero-order valence-corrected chi connectivity index (χ0v) is 16.9. The minimum Gasteiger partial charge on any atom is -0.465 e. The molecular formula is C18H14BrClN2O3S. The van der Waals surface area contributed by atoms with E-state index in [1.54, 1.807) is 54.0 Å². The molecule has 26 heavy (non-hydrogen) atoms. The second kappa shape index (κ2) is 8.16. The minimum absolute atomic E-state index is 0.0259. The third kappa shape index (κ3) is 4.23. The Balaban J connectivity index is 2.09. The van der Waals surface area contributed by atoms with Crippen LogP contribution in [0.4, 0.5) is 0 Å². The van der Waals surface area contributed by atoms with Crippen LogP contribution in [0, 0.1) is 0 Å². The number of fused-ring (bicyclic) bond motifs is 1. The van der Waals surface area contributed by atoms with Gasteiger partial charge >= 0.3 is 5.97 Å². The van der Waals surface area contributed by atoms with Gasteiger partial charge in [0.15, 0.2) is 4.80 Å². The van der Waals surface area contributed by atoms with E-state index >= 15 is 0 Å². The van der Waals surface area contributed by atoms with Gasteiger partial charge in [0.25, 0.3) is 5.91 Å². The van der Waals surface area contributed by atoms with Crippen molar-refractivity contribution in [3.05, 3.63) is 62.3 Å². The van der Waals surface area contributed by atoms with Gasteiger partial charge in [-0.05, 0) is 49.4 Å². The summed E-state index contributed by atoms with van der Waals surface area (Å²) < 4.78 is 8.42. The van der Waals surface area contributed by atoms with Gasteiger partial charge in [-0.3, -0.25) is 9.59 Å². The van der Waals surface area contributed by atoms with Gasteiger partial charge in [-0.1, -0.05) is 38.9 Å². The first kappa shape index (κ1) is 18.8. The molecule has 0 aliphatic heterocycles. The molecule has 134 valence electrons. The molecule has 1 amide bonds. The lowest BCUT2D eigenvalue weighted by molar-refractivity contribution is -0.143. The Morgan fingerprint density at radius 2 is 1.96 bits per heavy atom. The van der Waals surface area contributed by atoms with Gasteiger partial charge in [0.1, 0.15) is 6.54 Å². The van der Waals surface area contributed by atoms with Crippen molar-refractivity contribution in [2.75, 3.05) is 6.61 Å². The molecule has 0 saturated carbocycles. The number of nitrogens with zero attached hydrogens (tertiary/aromatic N) is 2. The van der Waals surface area contributed by atoms with Crippen molar-refractivity contribution in [3.8, 4) is 0 Å². The van der Waals surface area contributed by atoms with Crippen LogP contribution in [0.1, 0.15) is 17.3 Å². The Hall–Kier alpha value is -1.96. The maximum Gasteiger partial charge on any atom is 0.326 e. The van der Waals surface area contributed by atoms with E-state index in [0.717, 1.165) is 14.7 Å². The highest BCUT2D eigenvalue weighted by Crippen LogP contribution is 2.22. The first-order chi connectivity index (χ1) is 12.5. The van der Waals surface area contributed by atoms with Gasteiger partial charge in [-0.2, -0.15) is 4.99 Å². The predicted octanol–water partition coefficient (Wildman–Crippen LogP) is 4.42. The number of carbonyl (C=O) groups is 2. The average molecular weight is 454 g/mol. The summed E-state index contributed by atoms with van der Waals surface area (Å²) in [6.45, 7) is 2.01. The number of benzene rings is 2. The second-order valence-electron chi connectivity index (χ2n) is 5.31. The van der Waals surface area contributed by atoms with E-state index in [9.17, 15) is 9.59 Å². The largest absolute Gasteiger partial charge is 0.465 e. The summed E-state index contributed by atoms with van der Waals surface area (Å²) in [4.78, 5) is 29.1. The lowest BCUT2D eigenvalue weighted by atomic mass is 10.2. The molecule has 0 N–H and O–H groups in total. The molecule has 0 unspecified atom stereocenters. The van der Waals surface area contributed by atoms with Gasteiger partial charge in [0, 0.05) is 15.1 Å². The molecular weight excluding hydrogens is 440 g/mol. The molecule has 0 fully saturated rings. The Morgan fingerprint density at radius 1 is 1.23 bits per heavy atom. The molecule has 1 heterocycles. The molecule has 3 rings (SSSR count). The fourth-order valence-electron chi connectivity index (χ4n) is 2.36. The van der Waals surface area contributed by atoms with Crippen molar-refractivity contribution in [1.82, 2.24) is 4.57 Å². The molecule has 0 radical (unpaired) electrons. The predicted molar refractivity (Wildman–Crippen MR) is 105 cm³/mol. The summed E-state index contributed by atoms with van der Waals surface area (Å²) in [5, 5.41) is 0.577. The van der Waals surface area contributed by atoms with Crippen LogP contribution >= 0.6 is 38.9 Å². The lowest BCUT2D eigenvalue weighted by Crippen LogP contribution is -2.23. The molecule has 0 aliphatic carbocycles. The molecule has 3 aromatic rings. The average Bonchev–Trinajstić information content (AvgIpc) is 2.92. The number of thiazole rings is 1. The molecule has 0 aliphatic rings. The first-order valence-electron chi connectivity index (χ1n) is 7.77. The van der Waals surface area contributed by atoms with Crippen molar-refractivity contribution in [1.29, 1.82) is 0 Å². The van der Waals surface area contributed by atoms with Gasteiger partial charge in [-0.15, -0.1) is 0 Å².